The first kappa shape index (κ1) is 19.7. The van der Waals surface area contributed by atoms with Gasteiger partial charge in [-0.25, -0.2) is 5.43 Å². The van der Waals surface area contributed by atoms with Gasteiger partial charge in [-0.2, -0.15) is 10.1 Å². The molecule has 0 saturated heterocycles. The van der Waals surface area contributed by atoms with Crippen molar-refractivity contribution < 1.29 is 4.74 Å². The molecule has 5 aromatic rings. The number of aryl methyl sites for hydroxylation is 1. The summed E-state index contributed by atoms with van der Waals surface area (Å²) in [6, 6.07) is 25.5. The van der Waals surface area contributed by atoms with E-state index in [9.17, 15) is 0 Å². The lowest BCUT2D eigenvalue weighted by molar-refractivity contribution is 0.482. The van der Waals surface area contributed by atoms with E-state index in [2.05, 4.69) is 49.3 Å². The molecule has 0 spiro atoms. The summed E-state index contributed by atoms with van der Waals surface area (Å²) >= 11 is 0. The van der Waals surface area contributed by atoms with Gasteiger partial charge in [-0.05, 0) is 42.3 Å². The second-order valence-corrected chi connectivity index (χ2v) is 7.33. The lowest BCUT2D eigenvalue weighted by atomic mass is 10.2. The van der Waals surface area contributed by atoms with Crippen LogP contribution < -0.4 is 10.2 Å². The molecule has 3 aromatic carbocycles. The molecule has 7 nitrogen and oxygen atoms in total. The molecule has 158 valence electrons. The van der Waals surface area contributed by atoms with Crippen molar-refractivity contribution in [2.24, 2.45) is 5.10 Å². The third kappa shape index (κ3) is 4.00. The van der Waals surface area contributed by atoms with Crippen LogP contribution in [0.3, 0.4) is 0 Å². The number of nitrogens with zero attached hydrogens (tertiary/aromatic N) is 5. The minimum absolute atomic E-state index is 0.352. The Morgan fingerprint density at radius 1 is 0.938 bits per heavy atom. The van der Waals surface area contributed by atoms with E-state index in [0.717, 1.165) is 52.1 Å². The number of fused-ring (bicyclic) bond motifs is 3. The molecule has 0 aliphatic rings. The smallest absolute Gasteiger partial charge is 0.265 e. The third-order valence-electron chi connectivity index (χ3n) is 5.04. The van der Waals surface area contributed by atoms with E-state index in [1.54, 1.807) is 6.21 Å². The predicted octanol–water partition coefficient (Wildman–Crippen LogP) is 5.63. The van der Waals surface area contributed by atoms with Crippen molar-refractivity contribution in [2.45, 2.75) is 19.9 Å². The Morgan fingerprint density at radius 3 is 2.62 bits per heavy atom. The summed E-state index contributed by atoms with van der Waals surface area (Å²) < 4.78 is 8.06. The van der Waals surface area contributed by atoms with Crippen LogP contribution in [0, 0.1) is 0 Å². The molecule has 0 saturated carbocycles. The number of hydrazone groups is 1. The molecule has 0 radical (unpaired) electrons. The molecule has 5 rings (SSSR count). The van der Waals surface area contributed by atoms with Gasteiger partial charge in [0.1, 0.15) is 17.0 Å². The molecule has 2 heterocycles. The van der Waals surface area contributed by atoms with Crippen molar-refractivity contribution in [1.29, 1.82) is 0 Å². The first-order valence-electron chi connectivity index (χ1n) is 10.6. The maximum Gasteiger partial charge on any atom is 0.265 e. The van der Waals surface area contributed by atoms with Crippen LogP contribution in [0.15, 0.2) is 84.0 Å². The summed E-state index contributed by atoms with van der Waals surface area (Å²) in [5.41, 5.74) is 6.51. The average molecular weight is 422 g/mol. The summed E-state index contributed by atoms with van der Waals surface area (Å²) in [5, 5.41) is 14.0. The average Bonchev–Trinajstić information content (AvgIpc) is 3.14. The minimum atomic E-state index is 0.352. The predicted molar refractivity (Wildman–Crippen MR) is 127 cm³/mol. The Labute approximate surface area is 185 Å². The number of nitrogens with one attached hydrogen (secondary N) is 1. The summed E-state index contributed by atoms with van der Waals surface area (Å²) in [4.78, 5) is 4.68. The number of rotatable bonds is 7. The van der Waals surface area contributed by atoms with Crippen LogP contribution in [0.4, 0.5) is 5.95 Å². The van der Waals surface area contributed by atoms with Gasteiger partial charge in [0.15, 0.2) is 5.65 Å². The molecule has 7 heteroatoms. The molecule has 0 bridgehead atoms. The van der Waals surface area contributed by atoms with Gasteiger partial charge in [0, 0.05) is 11.9 Å². The highest BCUT2D eigenvalue weighted by Crippen LogP contribution is 2.26. The van der Waals surface area contributed by atoms with Gasteiger partial charge in [0.2, 0.25) is 0 Å². The monoisotopic (exact) mass is 422 g/mol. The zero-order valence-electron chi connectivity index (χ0n) is 17.6. The van der Waals surface area contributed by atoms with Crippen LogP contribution in [0.2, 0.25) is 0 Å². The van der Waals surface area contributed by atoms with Gasteiger partial charge >= 0.3 is 0 Å². The Bertz CT molecular complexity index is 1390. The fraction of sp³-hybridized carbons (Fsp3) is 0.120. The molecule has 32 heavy (non-hydrogen) atoms. The molecule has 0 aliphatic carbocycles. The lowest BCUT2D eigenvalue weighted by Crippen LogP contribution is -2.03. The van der Waals surface area contributed by atoms with E-state index < -0.39 is 0 Å². The maximum absolute atomic E-state index is 5.88. The molecular formula is C25H22N6O. The van der Waals surface area contributed by atoms with Crippen LogP contribution in [-0.2, 0) is 6.54 Å². The van der Waals surface area contributed by atoms with Crippen molar-refractivity contribution in [1.82, 2.24) is 19.7 Å². The summed E-state index contributed by atoms with van der Waals surface area (Å²) in [7, 11) is 0. The van der Waals surface area contributed by atoms with E-state index in [-0.39, 0.29) is 0 Å². The highest BCUT2D eigenvalue weighted by Gasteiger charge is 2.13. The van der Waals surface area contributed by atoms with Crippen molar-refractivity contribution in [2.75, 3.05) is 5.43 Å². The van der Waals surface area contributed by atoms with Crippen LogP contribution in [0.1, 0.15) is 18.9 Å². The zero-order chi connectivity index (χ0) is 21.8. The van der Waals surface area contributed by atoms with Gasteiger partial charge in [-0.1, -0.05) is 55.5 Å². The fourth-order valence-electron chi connectivity index (χ4n) is 3.65. The van der Waals surface area contributed by atoms with Crippen molar-refractivity contribution >= 4 is 34.2 Å². The van der Waals surface area contributed by atoms with Crippen molar-refractivity contribution in [3.63, 3.8) is 0 Å². The Balaban J connectivity index is 1.37. The molecule has 0 atom stereocenters. The van der Waals surface area contributed by atoms with Crippen LogP contribution >= 0.6 is 0 Å². The van der Waals surface area contributed by atoms with E-state index >= 15 is 0 Å². The number of hydrogen-bond acceptors (Lipinski definition) is 6. The highest BCUT2D eigenvalue weighted by atomic mass is 16.5. The minimum Gasteiger partial charge on any atom is -0.457 e. The molecule has 1 N–H and O–H groups in total. The number of para-hydroxylation sites is 2. The Kier molecular flexibility index (Phi) is 5.45. The van der Waals surface area contributed by atoms with E-state index in [1.807, 2.05) is 66.7 Å². The van der Waals surface area contributed by atoms with Crippen LogP contribution in [0.25, 0.3) is 22.1 Å². The molecule has 0 unspecified atom stereocenters. The van der Waals surface area contributed by atoms with Crippen molar-refractivity contribution in [3.8, 4) is 11.5 Å². The second kappa shape index (κ2) is 8.85. The Morgan fingerprint density at radius 2 is 1.75 bits per heavy atom. The SMILES string of the molecule is CCCn1c2ccccc2c2nnc(N/N=C/c3cccc(Oc4ccccc4)c3)nc21. The third-order valence-corrected chi connectivity index (χ3v) is 5.04. The Hall–Kier alpha value is -4.26. The number of ether oxygens (including phenoxy) is 1. The van der Waals surface area contributed by atoms with Gasteiger partial charge in [-0.15, -0.1) is 10.2 Å². The largest absolute Gasteiger partial charge is 0.457 e. The first-order chi connectivity index (χ1) is 15.8. The van der Waals surface area contributed by atoms with E-state index in [1.165, 1.54) is 0 Å². The number of hydrogen-bond donors (Lipinski definition) is 1. The molecule has 2 aromatic heterocycles. The first-order valence-corrected chi connectivity index (χ1v) is 10.6. The fourth-order valence-corrected chi connectivity index (χ4v) is 3.65. The normalized spacial score (nSPS) is 11.4. The molecular weight excluding hydrogens is 400 g/mol. The van der Waals surface area contributed by atoms with Crippen LogP contribution in [0.5, 0.6) is 11.5 Å². The quantitative estimate of drug-likeness (QED) is 0.272. The molecule has 0 aliphatic heterocycles. The number of benzene rings is 3. The van der Waals surface area contributed by atoms with Gasteiger partial charge in [0.05, 0.1) is 11.7 Å². The number of aromatic nitrogens is 4. The van der Waals surface area contributed by atoms with Gasteiger partial charge in [0.25, 0.3) is 5.95 Å². The van der Waals surface area contributed by atoms with Crippen LogP contribution in [-0.4, -0.2) is 26.0 Å². The summed E-state index contributed by atoms with van der Waals surface area (Å²) in [5.74, 6) is 1.88. The van der Waals surface area contributed by atoms with Gasteiger partial charge < -0.3 is 9.30 Å². The summed E-state index contributed by atoms with van der Waals surface area (Å²) in [6.45, 7) is 3.01. The molecule has 0 fully saturated rings. The molecule has 0 amide bonds. The van der Waals surface area contributed by atoms with E-state index in [0.29, 0.717) is 5.95 Å². The number of anilines is 1. The standard InChI is InChI=1S/C25H22N6O/c1-2-15-31-22-14-7-6-13-21(22)23-24(31)27-25(30-28-23)29-26-17-18-9-8-12-20(16-18)32-19-10-4-3-5-11-19/h3-14,16-17H,2,15H2,1H3,(H,27,29,30)/b26-17+. The zero-order valence-corrected chi connectivity index (χ0v) is 17.6. The summed E-state index contributed by atoms with van der Waals surface area (Å²) in [6.07, 6.45) is 2.70. The topological polar surface area (TPSA) is 77.2 Å². The van der Waals surface area contributed by atoms with E-state index in [4.69, 9.17) is 4.74 Å². The lowest BCUT2D eigenvalue weighted by Gasteiger charge is -2.06. The maximum atomic E-state index is 5.88. The second-order valence-electron chi connectivity index (χ2n) is 7.33. The highest BCUT2D eigenvalue weighted by molar-refractivity contribution is 6.04. The van der Waals surface area contributed by atoms with Gasteiger partial charge in [-0.3, -0.25) is 0 Å². The van der Waals surface area contributed by atoms with Crippen molar-refractivity contribution in [3.05, 3.63) is 84.4 Å².